The molecule has 0 atom stereocenters. The minimum atomic E-state index is -0.735. The van der Waals surface area contributed by atoms with Crippen LogP contribution in [-0.2, 0) is 27.4 Å². The number of fused-ring (bicyclic) bond motifs is 1. The van der Waals surface area contributed by atoms with Gasteiger partial charge in [-0.3, -0.25) is 19.3 Å². The molecule has 8 heteroatoms. The average Bonchev–Trinajstić information content (AvgIpc) is 3.19. The molecule has 2 aromatic carbocycles. The maximum atomic E-state index is 12.5. The molecule has 29 heavy (non-hydrogen) atoms. The van der Waals surface area contributed by atoms with Gasteiger partial charge in [-0.05, 0) is 30.7 Å². The second-order valence-electron chi connectivity index (χ2n) is 6.65. The molecule has 3 aromatic rings. The number of benzene rings is 2. The lowest BCUT2D eigenvalue weighted by Crippen LogP contribution is -2.45. The van der Waals surface area contributed by atoms with Gasteiger partial charge in [0, 0.05) is 11.1 Å². The van der Waals surface area contributed by atoms with E-state index in [2.05, 4.69) is 10.2 Å². The lowest BCUT2D eigenvalue weighted by Gasteiger charge is -2.25. The lowest BCUT2D eigenvalue weighted by molar-refractivity contribution is -0.149. The SMILES string of the molecule is Cc1cccc(-c2nnc(COC(=O)CN3C(=O)Cc4ccccc4C3=O)o2)c1. The van der Waals surface area contributed by atoms with Crippen molar-refractivity contribution in [2.45, 2.75) is 20.0 Å². The molecule has 4 rings (SSSR count). The summed E-state index contributed by atoms with van der Waals surface area (Å²) in [5.41, 5.74) is 2.88. The van der Waals surface area contributed by atoms with E-state index in [1.807, 2.05) is 31.2 Å². The first kappa shape index (κ1) is 18.5. The summed E-state index contributed by atoms with van der Waals surface area (Å²) in [6.07, 6.45) is 0.0682. The van der Waals surface area contributed by atoms with Crippen molar-refractivity contribution >= 4 is 17.8 Å². The number of aromatic nitrogens is 2. The Morgan fingerprint density at radius 2 is 1.97 bits per heavy atom. The zero-order valence-electron chi connectivity index (χ0n) is 15.6. The maximum Gasteiger partial charge on any atom is 0.326 e. The number of carbonyl (C=O) groups is 3. The van der Waals surface area contributed by atoms with Crippen molar-refractivity contribution < 1.29 is 23.5 Å². The molecule has 0 saturated carbocycles. The molecular weight excluding hydrogens is 374 g/mol. The molecule has 8 nitrogen and oxygen atoms in total. The summed E-state index contributed by atoms with van der Waals surface area (Å²) >= 11 is 0. The minimum absolute atomic E-state index is 0.0682. The van der Waals surface area contributed by atoms with Gasteiger partial charge in [-0.2, -0.15) is 0 Å². The van der Waals surface area contributed by atoms with E-state index < -0.39 is 24.3 Å². The molecule has 0 N–H and O–H groups in total. The lowest BCUT2D eigenvalue weighted by atomic mass is 9.98. The molecule has 0 spiro atoms. The average molecular weight is 391 g/mol. The summed E-state index contributed by atoms with van der Waals surface area (Å²) in [5.74, 6) is -1.24. The fraction of sp³-hybridized carbons (Fsp3) is 0.190. The van der Waals surface area contributed by atoms with E-state index >= 15 is 0 Å². The van der Waals surface area contributed by atoms with E-state index in [1.54, 1.807) is 24.3 Å². The van der Waals surface area contributed by atoms with Crippen LogP contribution in [0.25, 0.3) is 11.5 Å². The molecule has 0 bridgehead atoms. The van der Waals surface area contributed by atoms with Crippen LogP contribution in [0.1, 0.15) is 27.4 Å². The summed E-state index contributed by atoms with van der Waals surface area (Å²) in [6.45, 7) is 1.24. The molecule has 2 amide bonds. The highest BCUT2D eigenvalue weighted by Gasteiger charge is 2.32. The van der Waals surface area contributed by atoms with E-state index in [-0.39, 0.29) is 18.9 Å². The smallest absolute Gasteiger partial charge is 0.326 e. The summed E-state index contributed by atoms with van der Waals surface area (Å²) in [6, 6.07) is 14.4. The summed E-state index contributed by atoms with van der Waals surface area (Å²) < 4.78 is 10.6. The number of nitrogens with zero attached hydrogens (tertiary/aromatic N) is 3. The first-order valence-corrected chi connectivity index (χ1v) is 8.99. The Kier molecular flexibility index (Phi) is 4.90. The number of hydrogen-bond acceptors (Lipinski definition) is 7. The van der Waals surface area contributed by atoms with E-state index in [0.717, 1.165) is 16.0 Å². The zero-order valence-corrected chi connectivity index (χ0v) is 15.6. The van der Waals surface area contributed by atoms with E-state index in [9.17, 15) is 14.4 Å². The Morgan fingerprint density at radius 3 is 2.79 bits per heavy atom. The Bertz CT molecular complexity index is 1100. The fourth-order valence-electron chi connectivity index (χ4n) is 3.08. The normalized spacial score (nSPS) is 13.3. The maximum absolute atomic E-state index is 12.5. The third-order valence-corrected chi connectivity index (χ3v) is 4.51. The number of rotatable bonds is 5. The third kappa shape index (κ3) is 3.91. The van der Waals surface area contributed by atoms with Crippen LogP contribution >= 0.6 is 0 Å². The van der Waals surface area contributed by atoms with Crippen molar-refractivity contribution in [3.8, 4) is 11.5 Å². The summed E-state index contributed by atoms with van der Waals surface area (Å²) in [7, 11) is 0. The molecule has 1 aliphatic heterocycles. The second kappa shape index (κ2) is 7.67. The summed E-state index contributed by atoms with van der Waals surface area (Å²) in [5, 5.41) is 7.80. The van der Waals surface area contributed by atoms with Crippen LogP contribution < -0.4 is 0 Å². The Morgan fingerprint density at radius 1 is 1.14 bits per heavy atom. The topological polar surface area (TPSA) is 103 Å². The zero-order chi connectivity index (χ0) is 20.4. The number of hydrogen-bond donors (Lipinski definition) is 0. The van der Waals surface area contributed by atoms with E-state index in [1.165, 1.54) is 0 Å². The number of imide groups is 1. The van der Waals surface area contributed by atoms with Crippen molar-refractivity contribution in [3.63, 3.8) is 0 Å². The largest absolute Gasteiger partial charge is 0.454 e. The van der Waals surface area contributed by atoms with Crippen LogP contribution in [0.15, 0.2) is 52.9 Å². The molecule has 146 valence electrons. The van der Waals surface area contributed by atoms with Gasteiger partial charge in [0.15, 0.2) is 6.61 Å². The van der Waals surface area contributed by atoms with Crippen LogP contribution in [0.4, 0.5) is 0 Å². The van der Waals surface area contributed by atoms with Gasteiger partial charge in [0.2, 0.25) is 11.8 Å². The Labute approximate surface area is 166 Å². The van der Waals surface area contributed by atoms with E-state index in [4.69, 9.17) is 9.15 Å². The van der Waals surface area contributed by atoms with Crippen LogP contribution in [0.3, 0.4) is 0 Å². The molecule has 0 unspecified atom stereocenters. The standard InChI is InChI=1S/C21H17N3O5/c1-13-5-4-7-15(9-13)20-23-22-17(29-20)12-28-19(26)11-24-18(25)10-14-6-2-3-8-16(14)21(24)27/h2-9H,10-12H2,1H3. The monoisotopic (exact) mass is 391 g/mol. The van der Waals surface area contributed by atoms with Crippen molar-refractivity contribution in [3.05, 3.63) is 71.1 Å². The van der Waals surface area contributed by atoms with Crippen molar-refractivity contribution in [2.75, 3.05) is 6.54 Å². The predicted molar refractivity (Wildman–Crippen MR) is 100 cm³/mol. The highest BCUT2D eigenvalue weighted by atomic mass is 16.5. The Balaban J connectivity index is 1.37. The van der Waals surface area contributed by atoms with Crippen LogP contribution in [0.2, 0.25) is 0 Å². The number of amides is 2. The van der Waals surface area contributed by atoms with Gasteiger partial charge in [0.25, 0.3) is 11.8 Å². The van der Waals surface area contributed by atoms with Gasteiger partial charge in [-0.15, -0.1) is 10.2 Å². The molecule has 1 aliphatic rings. The quantitative estimate of drug-likeness (QED) is 0.486. The number of aryl methyl sites for hydroxylation is 1. The van der Waals surface area contributed by atoms with Gasteiger partial charge >= 0.3 is 5.97 Å². The van der Waals surface area contributed by atoms with Gasteiger partial charge in [-0.1, -0.05) is 35.9 Å². The molecule has 0 saturated heterocycles. The van der Waals surface area contributed by atoms with Crippen molar-refractivity contribution in [2.24, 2.45) is 0 Å². The molecular formula is C21H17N3O5. The summed E-state index contributed by atoms with van der Waals surface area (Å²) in [4.78, 5) is 37.8. The third-order valence-electron chi connectivity index (χ3n) is 4.51. The highest BCUT2D eigenvalue weighted by molar-refractivity contribution is 6.11. The van der Waals surface area contributed by atoms with Crippen LogP contribution in [-0.4, -0.2) is 39.4 Å². The van der Waals surface area contributed by atoms with Crippen LogP contribution in [0.5, 0.6) is 0 Å². The fourth-order valence-corrected chi connectivity index (χ4v) is 3.08. The number of esters is 1. The Hall–Kier alpha value is -3.81. The van der Waals surface area contributed by atoms with Gasteiger partial charge in [-0.25, -0.2) is 0 Å². The van der Waals surface area contributed by atoms with Gasteiger partial charge in [0.1, 0.15) is 6.54 Å². The first-order chi connectivity index (χ1) is 14.0. The van der Waals surface area contributed by atoms with Gasteiger partial charge < -0.3 is 9.15 Å². The predicted octanol–water partition coefficient (Wildman–Crippen LogP) is 2.31. The van der Waals surface area contributed by atoms with Crippen molar-refractivity contribution in [1.29, 1.82) is 0 Å². The van der Waals surface area contributed by atoms with E-state index in [0.29, 0.717) is 17.0 Å². The molecule has 0 aliphatic carbocycles. The second-order valence-corrected chi connectivity index (χ2v) is 6.65. The number of carbonyl (C=O) groups excluding carboxylic acids is 3. The highest BCUT2D eigenvalue weighted by Crippen LogP contribution is 2.20. The minimum Gasteiger partial charge on any atom is -0.454 e. The van der Waals surface area contributed by atoms with Crippen molar-refractivity contribution in [1.82, 2.24) is 15.1 Å². The van der Waals surface area contributed by atoms with Gasteiger partial charge in [0.05, 0.1) is 6.42 Å². The molecule has 0 radical (unpaired) electrons. The molecule has 2 heterocycles. The number of ether oxygens (including phenoxy) is 1. The molecule has 0 fully saturated rings. The molecule has 1 aromatic heterocycles. The first-order valence-electron chi connectivity index (χ1n) is 8.99. The van der Waals surface area contributed by atoms with Crippen LogP contribution in [0, 0.1) is 6.92 Å².